The normalized spacial score (nSPS) is 15.5. The third-order valence-corrected chi connectivity index (χ3v) is 7.59. The second-order valence-corrected chi connectivity index (χ2v) is 9.54. The molecule has 4 rings (SSSR count). The maximum absolute atomic E-state index is 13.8. The molecular formula is C22H27N3O2S. The fraction of sp³-hybridized carbons (Fsp3) is 0.409. The summed E-state index contributed by atoms with van der Waals surface area (Å²) in [6.45, 7) is 8.74. The number of para-hydroxylation sites is 2. The van der Waals surface area contributed by atoms with Crippen molar-refractivity contribution in [1.82, 2.24) is 13.9 Å². The van der Waals surface area contributed by atoms with Gasteiger partial charge in [-0.2, -0.15) is 0 Å². The molecule has 0 radical (unpaired) electrons. The molecule has 6 heteroatoms. The van der Waals surface area contributed by atoms with Gasteiger partial charge >= 0.3 is 0 Å². The minimum Gasteiger partial charge on any atom is -0.303 e. The van der Waals surface area contributed by atoms with Gasteiger partial charge in [0, 0.05) is 13.0 Å². The van der Waals surface area contributed by atoms with Crippen LogP contribution < -0.4 is 0 Å². The van der Waals surface area contributed by atoms with Crippen LogP contribution in [0.15, 0.2) is 41.3 Å². The molecule has 28 heavy (non-hydrogen) atoms. The Labute approximate surface area is 167 Å². The lowest BCUT2D eigenvalue weighted by atomic mass is 10.1. The Bertz CT molecular complexity index is 1100. The molecule has 0 saturated carbocycles. The molecule has 0 unspecified atom stereocenters. The molecule has 1 aliphatic heterocycles. The van der Waals surface area contributed by atoms with Crippen LogP contribution in [0.3, 0.4) is 0 Å². The Hall–Kier alpha value is -2.18. The average Bonchev–Trinajstić information content (AvgIpc) is 3.26. The van der Waals surface area contributed by atoms with E-state index in [4.69, 9.17) is 4.98 Å². The van der Waals surface area contributed by atoms with E-state index in [1.807, 2.05) is 57.2 Å². The molecule has 2 heterocycles. The molecule has 1 aliphatic rings. The number of hydrogen-bond acceptors (Lipinski definition) is 4. The van der Waals surface area contributed by atoms with E-state index in [2.05, 4.69) is 4.90 Å². The average molecular weight is 398 g/mol. The highest BCUT2D eigenvalue weighted by Gasteiger charge is 2.27. The van der Waals surface area contributed by atoms with Crippen molar-refractivity contribution < 1.29 is 8.42 Å². The number of fused-ring (bicyclic) bond motifs is 1. The maximum atomic E-state index is 13.8. The molecule has 1 saturated heterocycles. The van der Waals surface area contributed by atoms with Gasteiger partial charge in [-0.1, -0.05) is 29.8 Å². The first-order chi connectivity index (χ1) is 13.4. The van der Waals surface area contributed by atoms with Crippen molar-refractivity contribution in [2.24, 2.45) is 0 Å². The molecule has 5 nitrogen and oxygen atoms in total. The first kappa shape index (κ1) is 19.2. The van der Waals surface area contributed by atoms with Gasteiger partial charge < -0.3 is 4.90 Å². The summed E-state index contributed by atoms with van der Waals surface area (Å²) in [5.74, 6) is 0.618. The summed E-state index contributed by atoms with van der Waals surface area (Å²) in [5.41, 5.74) is 4.00. The zero-order valence-corrected chi connectivity index (χ0v) is 17.6. The summed E-state index contributed by atoms with van der Waals surface area (Å²) in [6, 6.07) is 11.4. The van der Waals surface area contributed by atoms with E-state index in [9.17, 15) is 8.42 Å². The molecule has 0 spiro atoms. The molecule has 0 N–H and O–H groups in total. The van der Waals surface area contributed by atoms with E-state index in [0.717, 1.165) is 41.8 Å². The Balaban J connectivity index is 1.85. The number of rotatable bonds is 5. The van der Waals surface area contributed by atoms with Crippen LogP contribution in [0.5, 0.6) is 0 Å². The number of imidazole rings is 1. The third kappa shape index (κ3) is 3.35. The van der Waals surface area contributed by atoms with Crippen molar-refractivity contribution in [3.05, 3.63) is 58.9 Å². The van der Waals surface area contributed by atoms with Crippen LogP contribution >= 0.6 is 0 Å². The lowest BCUT2D eigenvalue weighted by Gasteiger charge is -2.17. The van der Waals surface area contributed by atoms with Crippen LogP contribution in [-0.4, -0.2) is 41.9 Å². The van der Waals surface area contributed by atoms with Crippen LogP contribution in [0.25, 0.3) is 11.0 Å². The number of nitrogens with zero attached hydrogens (tertiary/aromatic N) is 3. The lowest BCUT2D eigenvalue weighted by Crippen LogP contribution is -2.25. The predicted octanol–water partition coefficient (Wildman–Crippen LogP) is 3.84. The highest BCUT2D eigenvalue weighted by molar-refractivity contribution is 7.90. The van der Waals surface area contributed by atoms with Gasteiger partial charge in [-0.05, 0) is 70.0 Å². The fourth-order valence-corrected chi connectivity index (χ4v) is 6.35. The summed E-state index contributed by atoms with van der Waals surface area (Å²) in [7, 11) is -3.74. The molecular weight excluding hydrogens is 370 g/mol. The first-order valence-corrected chi connectivity index (χ1v) is 11.3. The maximum Gasteiger partial charge on any atom is 0.270 e. The largest absolute Gasteiger partial charge is 0.303 e. The van der Waals surface area contributed by atoms with Crippen LogP contribution in [0.1, 0.15) is 35.4 Å². The van der Waals surface area contributed by atoms with Gasteiger partial charge in [0.05, 0.1) is 15.9 Å². The smallest absolute Gasteiger partial charge is 0.270 e. The number of hydrogen-bond donors (Lipinski definition) is 0. The van der Waals surface area contributed by atoms with Crippen molar-refractivity contribution in [3.8, 4) is 0 Å². The number of aryl methyl sites for hydroxylation is 3. The highest BCUT2D eigenvalue weighted by Crippen LogP contribution is 2.28. The van der Waals surface area contributed by atoms with Crippen molar-refractivity contribution in [1.29, 1.82) is 0 Å². The van der Waals surface area contributed by atoms with Gasteiger partial charge in [-0.15, -0.1) is 0 Å². The molecule has 2 aromatic carbocycles. The standard InChI is InChI=1S/C22H27N3O2S/c1-16-14-17(2)22(18(3)15-16)28(26,27)25-20-9-5-4-8-19(20)23-21(25)10-13-24-11-6-7-12-24/h4-5,8-9,14-15H,6-7,10-13H2,1-3H3. The van der Waals surface area contributed by atoms with Crippen LogP contribution in [0.2, 0.25) is 0 Å². The molecule has 0 bridgehead atoms. The summed E-state index contributed by atoms with van der Waals surface area (Å²) < 4.78 is 29.1. The second kappa shape index (κ2) is 7.33. The minimum atomic E-state index is -3.74. The van der Waals surface area contributed by atoms with Crippen molar-refractivity contribution in [2.75, 3.05) is 19.6 Å². The zero-order chi connectivity index (χ0) is 19.9. The zero-order valence-electron chi connectivity index (χ0n) is 16.8. The van der Waals surface area contributed by atoms with E-state index in [-0.39, 0.29) is 0 Å². The van der Waals surface area contributed by atoms with Crippen LogP contribution in [-0.2, 0) is 16.4 Å². The van der Waals surface area contributed by atoms with Gasteiger partial charge in [0.2, 0.25) is 0 Å². The van der Waals surface area contributed by atoms with E-state index in [1.165, 1.54) is 16.8 Å². The number of aromatic nitrogens is 2. The molecule has 3 aromatic rings. The van der Waals surface area contributed by atoms with E-state index < -0.39 is 10.0 Å². The summed E-state index contributed by atoms with van der Waals surface area (Å²) in [6.07, 6.45) is 3.06. The monoisotopic (exact) mass is 397 g/mol. The minimum absolute atomic E-state index is 0.392. The van der Waals surface area contributed by atoms with Crippen LogP contribution in [0, 0.1) is 20.8 Å². The van der Waals surface area contributed by atoms with Gasteiger partial charge in [-0.3, -0.25) is 0 Å². The molecule has 148 valence electrons. The van der Waals surface area contributed by atoms with Gasteiger partial charge in [0.15, 0.2) is 0 Å². The van der Waals surface area contributed by atoms with E-state index in [0.29, 0.717) is 22.7 Å². The second-order valence-electron chi connectivity index (χ2n) is 7.81. The molecule has 0 amide bonds. The van der Waals surface area contributed by atoms with Crippen molar-refractivity contribution in [3.63, 3.8) is 0 Å². The van der Waals surface area contributed by atoms with E-state index in [1.54, 1.807) is 0 Å². The molecule has 1 aromatic heterocycles. The Kier molecular flexibility index (Phi) is 5.02. The Morgan fingerprint density at radius 1 is 1.00 bits per heavy atom. The molecule has 1 fully saturated rings. The Morgan fingerprint density at radius 2 is 1.64 bits per heavy atom. The van der Waals surface area contributed by atoms with E-state index >= 15 is 0 Å². The summed E-state index contributed by atoms with van der Waals surface area (Å²) >= 11 is 0. The number of likely N-dealkylation sites (tertiary alicyclic amines) is 1. The van der Waals surface area contributed by atoms with Crippen molar-refractivity contribution in [2.45, 2.75) is 44.9 Å². The van der Waals surface area contributed by atoms with Crippen molar-refractivity contribution >= 4 is 21.1 Å². The van der Waals surface area contributed by atoms with Gasteiger partial charge in [0.1, 0.15) is 5.82 Å². The topological polar surface area (TPSA) is 55.2 Å². The first-order valence-electron chi connectivity index (χ1n) is 9.90. The number of benzene rings is 2. The quantitative estimate of drug-likeness (QED) is 0.656. The predicted molar refractivity (Wildman–Crippen MR) is 112 cm³/mol. The molecule has 0 atom stereocenters. The fourth-order valence-electron chi connectivity index (χ4n) is 4.41. The summed E-state index contributed by atoms with van der Waals surface area (Å²) in [5, 5.41) is 0. The highest BCUT2D eigenvalue weighted by atomic mass is 32.2. The lowest BCUT2D eigenvalue weighted by molar-refractivity contribution is 0.340. The van der Waals surface area contributed by atoms with Crippen LogP contribution in [0.4, 0.5) is 0 Å². The third-order valence-electron chi connectivity index (χ3n) is 5.54. The Morgan fingerprint density at radius 3 is 2.32 bits per heavy atom. The SMILES string of the molecule is Cc1cc(C)c(S(=O)(=O)n2c(CCN3CCCC3)nc3ccccc32)c(C)c1. The molecule has 0 aliphatic carbocycles. The van der Waals surface area contributed by atoms with Gasteiger partial charge in [-0.25, -0.2) is 17.4 Å². The van der Waals surface area contributed by atoms with Gasteiger partial charge in [0.25, 0.3) is 10.0 Å². The summed E-state index contributed by atoms with van der Waals surface area (Å²) in [4.78, 5) is 7.48.